The second kappa shape index (κ2) is 8.49. The van der Waals surface area contributed by atoms with Gasteiger partial charge in [-0.05, 0) is 57.0 Å². The van der Waals surface area contributed by atoms with Crippen LogP contribution in [0.3, 0.4) is 0 Å². The third kappa shape index (κ3) is 4.83. The first kappa shape index (κ1) is 22.7. The van der Waals surface area contributed by atoms with E-state index in [0.717, 1.165) is 25.0 Å². The minimum atomic E-state index is -3.95. The molecule has 1 aliphatic rings. The van der Waals surface area contributed by atoms with Crippen molar-refractivity contribution in [2.45, 2.75) is 43.7 Å². The Kier molecular flexibility index (Phi) is 5.85. The first-order valence-electron chi connectivity index (χ1n) is 10.1. The van der Waals surface area contributed by atoms with E-state index in [1.807, 2.05) is 0 Å². The lowest BCUT2D eigenvalue weighted by atomic mass is 10.1. The molecular weight excluding hydrogens is 455 g/mol. The minimum absolute atomic E-state index is 0.00905. The van der Waals surface area contributed by atoms with Crippen LogP contribution in [0, 0.1) is 5.82 Å². The van der Waals surface area contributed by atoms with Gasteiger partial charge in [-0.15, -0.1) is 0 Å². The molecule has 1 fully saturated rings. The highest BCUT2D eigenvalue weighted by Gasteiger charge is 2.33. The molecule has 0 bridgehead atoms. The molecule has 0 atom stereocenters. The van der Waals surface area contributed by atoms with Gasteiger partial charge < -0.3 is 19.6 Å². The maximum Gasteiger partial charge on any atom is 0.412 e. The number of benzene rings is 2. The average Bonchev–Trinajstić information content (AvgIpc) is 3.43. The van der Waals surface area contributed by atoms with E-state index in [0.29, 0.717) is 5.56 Å². The van der Waals surface area contributed by atoms with Crippen LogP contribution in [-0.4, -0.2) is 32.6 Å². The zero-order valence-corrected chi connectivity index (χ0v) is 18.6. The van der Waals surface area contributed by atoms with Gasteiger partial charge in [0.1, 0.15) is 33.4 Å². The third-order valence-electron chi connectivity index (χ3n) is 4.81. The lowest BCUT2D eigenvalue weighted by Crippen LogP contribution is -2.26. The third-order valence-corrected chi connectivity index (χ3v) is 6.35. The molecule has 1 saturated carbocycles. The molecule has 0 unspecified atom stereocenters. The van der Waals surface area contributed by atoms with Crippen LogP contribution in [0.15, 0.2) is 45.7 Å². The maximum absolute atomic E-state index is 13.4. The van der Waals surface area contributed by atoms with Crippen molar-refractivity contribution in [1.29, 1.82) is 0 Å². The lowest BCUT2D eigenvalue weighted by molar-refractivity contribution is 0.0640. The van der Waals surface area contributed by atoms with Gasteiger partial charge in [-0.3, -0.25) is 0 Å². The fourth-order valence-electron chi connectivity index (χ4n) is 3.29. The van der Waals surface area contributed by atoms with Crippen LogP contribution < -0.4 is 15.2 Å². The molecule has 3 aromatic rings. The normalized spacial score (nSPS) is 13.9. The van der Waals surface area contributed by atoms with Gasteiger partial charge in [-0.25, -0.2) is 27.1 Å². The van der Waals surface area contributed by atoms with Gasteiger partial charge in [-0.1, -0.05) is 0 Å². The largest absolute Gasteiger partial charge is 0.490 e. The van der Waals surface area contributed by atoms with E-state index >= 15 is 0 Å². The number of hydrogen-bond acceptors (Lipinski definition) is 7. The summed E-state index contributed by atoms with van der Waals surface area (Å²) >= 11 is 0. The second-order valence-corrected chi connectivity index (χ2v) is 9.56. The van der Waals surface area contributed by atoms with Crippen LogP contribution >= 0.6 is 0 Å². The molecule has 9 nitrogen and oxygen atoms in total. The van der Waals surface area contributed by atoms with E-state index in [1.165, 1.54) is 24.3 Å². The SMILES string of the molecule is CC(C)Oc1cc2c(C(=O)OC(N)=O)c(-c3ccc(F)cc3)oc2cc1S(=O)(=O)NC1CC1. The van der Waals surface area contributed by atoms with Crippen molar-refractivity contribution in [2.24, 2.45) is 5.73 Å². The highest BCUT2D eigenvalue weighted by atomic mass is 32.2. The molecule has 1 heterocycles. The van der Waals surface area contributed by atoms with E-state index in [4.69, 9.17) is 14.9 Å². The van der Waals surface area contributed by atoms with Crippen LogP contribution in [0.25, 0.3) is 22.3 Å². The van der Waals surface area contributed by atoms with Crippen LogP contribution in [0.1, 0.15) is 37.0 Å². The summed E-state index contributed by atoms with van der Waals surface area (Å²) in [5.41, 5.74) is 5.16. The molecule has 33 heavy (non-hydrogen) atoms. The van der Waals surface area contributed by atoms with Gasteiger partial charge in [0.15, 0.2) is 0 Å². The summed E-state index contributed by atoms with van der Waals surface area (Å²) < 4.78 is 58.1. The number of esters is 1. The molecule has 0 saturated heterocycles. The standard InChI is InChI=1S/C22H21FN2O7S/c1-11(2)30-17-9-15-16(10-18(17)33(28,29)25-14-7-8-14)31-20(12-3-5-13(23)6-4-12)19(15)21(26)32-22(24)27/h3-6,9-11,14,25H,7-8H2,1-2H3,(H2,24,27). The maximum atomic E-state index is 13.4. The molecule has 2 aromatic carbocycles. The Morgan fingerprint density at radius 3 is 2.42 bits per heavy atom. The summed E-state index contributed by atoms with van der Waals surface area (Å²) in [4.78, 5) is 23.8. The van der Waals surface area contributed by atoms with Gasteiger partial charge >= 0.3 is 12.1 Å². The van der Waals surface area contributed by atoms with Gasteiger partial charge in [0.05, 0.1) is 6.10 Å². The van der Waals surface area contributed by atoms with Gasteiger partial charge in [0, 0.05) is 23.1 Å². The Bertz CT molecular complexity index is 1340. The molecule has 1 aliphatic carbocycles. The zero-order chi connectivity index (χ0) is 23.9. The molecule has 1 amide bonds. The van der Waals surface area contributed by atoms with Crippen LogP contribution in [0.5, 0.6) is 5.75 Å². The van der Waals surface area contributed by atoms with Gasteiger partial charge in [-0.2, -0.15) is 0 Å². The first-order chi connectivity index (χ1) is 15.5. The number of hydrogen-bond donors (Lipinski definition) is 2. The fourth-order valence-corrected chi connectivity index (χ4v) is 4.73. The lowest BCUT2D eigenvalue weighted by Gasteiger charge is -2.15. The molecular formula is C22H21FN2O7S. The number of amides is 1. The Morgan fingerprint density at radius 1 is 1.18 bits per heavy atom. The van der Waals surface area contributed by atoms with Crippen molar-refractivity contribution in [3.8, 4) is 17.1 Å². The summed E-state index contributed by atoms with van der Waals surface area (Å²) in [6, 6.07) is 7.49. The van der Waals surface area contributed by atoms with Crippen molar-refractivity contribution in [2.75, 3.05) is 0 Å². The minimum Gasteiger partial charge on any atom is -0.490 e. The molecule has 1 aromatic heterocycles. The first-order valence-corrected chi connectivity index (χ1v) is 11.6. The zero-order valence-electron chi connectivity index (χ0n) is 17.8. The Labute approximate surface area is 188 Å². The average molecular weight is 476 g/mol. The van der Waals surface area contributed by atoms with Crippen molar-refractivity contribution in [3.63, 3.8) is 0 Å². The van der Waals surface area contributed by atoms with E-state index in [2.05, 4.69) is 9.46 Å². The van der Waals surface area contributed by atoms with Crippen molar-refractivity contribution < 1.29 is 36.3 Å². The predicted molar refractivity (Wildman–Crippen MR) is 116 cm³/mol. The van der Waals surface area contributed by atoms with E-state index in [-0.39, 0.29) is 45.1 Å². The Hall–Kier alpha value is -3.44. The van der Waals surface area contributed by atoms with Crippen LogP contribution in [0.2, 0.25) is 0 Å². The second-order valence-electron chi connectivity index (χ2n) is 7.88. The highest BCUT2D eigenvalue weighted by Crippen LogP contribution is 2.39. The number of primary amides is 1. The molecule has 174 valence electrons. The molecule has 0 radical (unpaired) electrons. The number of fused-ring (bicyclic) bond motifs is 1. The number of carbonyl (C=O) groups is 2. The summed E-state index contributed by atoms with van der Waals surface area (Å²) in [6.07, 6.45) is -0.242. The summed E-state index contributed by atoms with van der Waals surface area (Å²) in [7, 11) is -3.95. The quantitative estimate of drug-likeness (QED) is 0.392. The van der Waals surface area contributed by atoms with Crippen LogP contribution in [-0.2, 0) is 14.8 Å². The number of halogens is 1. The van der Waals surface area contributed by atoms with E-state index < -0.39 is 27.9 Å². The number of furan rings is 1. The number of nitrogens with two attached hydrogens (primary N) is 1. The number of sulfonamides is 1. The molecule has 3 N–H and O–H groups in total. The molecule has 11 heteroatoms. The number of carbonyl (C=O) groups excluding carboxylic acids is 2. The summed E-state index contributed by atoms with van der Waals surface area (Å²) in [6.45, 7) is 3.44. The smallest absolute Gasteiger partial charge is 0.412 e. The molecule has 0 spiro atoms. The number of rotatable bonds is 7. The number of nitrogens with one attached hydrogen (secondary N) is 1. The molecule has 4 rings (SSSR count). The Balaban J connectivity index is 1.96. The summed E-state index contributed by atoms with van der Waals surface area (Å²) in [5, 5.41) is 0.140. The monoisotopic (exact) mass is 476 g/mol. The predicted octanol–water partition coefficient (Wildman–Crippen LogP) is 3.70. The molecule has 0 aliphatic heterocycles. The van der Waals surface area contributed by atoms with Gasteiger partial charge in [0.2, 0.25) is 10.0 Å². The Morgan fingerprint density at radius 2 is 1.85 bits per heavy atom. The van der Waals surface area contributed by atoms with E-state index in [9.17, 15) is 22.4 Å². The van der Waals surface area contributed by atoms with E-state index in [1.54, 1.807) is 13.8 Å². The van der Waals surface area contributed by atoms with Gasteiger partial charge in [0.25, 0.3) is 0 Å². The topological polar surface area (TPSA) is 138 Å². The van der Waals surface area contributed by atoms with Crippen molar-refractivity contribution in [1.82, 2.24) is 4.72 Å². The highest BCUT2D eigenvalue weighted by molar-refractivity contribution is 7.89. The number of ether oxygens (including phenoxy) is 2. The van der Waals surface area contributed by atoms with Crippen molar-refractivity contribution >= 4 is 33.1 Å². The fraction of sp³-hybridized carbons (Fsp3) is 0.273. The summed E-state index contributed by atoms with van der Waals surface area (Å²) in [5.74, 6) is -1.67. The van der Waals surface area contributed by atoms with Crippen LogP contribution in [0.4, 0.5) is 9.18 Å². The van der Waals surface area contributed by atoms with Crippen molar-refractivity contribution in [3.05, 3.63) is 47.8 Å².